The molecule has 0 saturated carbocycles. The Kier molecular flexibility index (Phi) is 5.08. The molecule has 1 N–H and O–H groups in total. The Balaban J connectivity index is 1.63. The smallest absolute Gasteiger partial charge is 0.159 e. The fourth-order valence-electron chi connectivity index (χ4n) is 3.10. The lowest BCUT2D eigenvalue weighted by Crippen LogP contribution is -2.33. The molecule has 23 heavy (non-hydrogen) atoms. The second-order valence-electron chi connectivity index (χ2n) is 6.09. The summed E-state index contributed by atoms with van der Waals surface area (Å²) in [6.07, 6.45) is 2.42. The molecule has 124 valence electrons. The van der Waals surface area contributed by atoms with Crippen molar-refractivity contribution >= 4 is 0 Å². The van der Waals surface area contributed by atoms with Crippen LogP contribution in [-0.2, 0) is 6.54 Å². The fraction of sp³-hybridized carbons (Fsp3) is 0.444. The Bertz CT molecular complexity index is 650. The van der Waals surface area contributed by atoms with E-state index in [4.69, 9.17) is 4.42 Å². The van der Waals surface area contributed by atoms with Crippen LogP contribution in [0.15, 0.2) is 34.7 Å². The Morgan fingerprint density at radius 1 is 1.13 bits per heavy atom. The van der Waals surface area contributed by atoms with Crippen LogP contribution in [-0.4, -0.2) is 24.5 Å². The Morgan fingerprint density at radius 3 is 2.57 bits per heavy atom. The molecular weight excluding hydrogens is 298 g/mol. The second-order valence-corrected chi connectivity index (χ2v) is 6.09. The molecule has 5 heteroatoms. The van der Waals surface area contributed by atoms with Crippen LogP contribution in [0.2, 0.25) is 0 Å². The summed E-state index contributed by atoms with van der Waals surface area (Å²) in [4.78, 5) is 2.41. The molecule has 3 nitrogen and oxygen atoms in total. The largest absolute Gasteiger partial charge is 0.465 e. The molecule has 1 aliphatic rings. The molecule has 0 aliphatic carbocycles. The van der Waals surface area contributed by atoms with Gasteiger partial charge in [-0.25, -0.2) is 8.78 Å². The lowest BCUT2D eigenvalue weighted by atomic mass is 10.1. The highest BCUT2D eigenvalue weighted by Gasteiger charge is 2.25. The SMILES string of the molecule is Cc1ccc(C(CNCc2ccc(F)c(F)c2)N2CCCC2)o1. The lowest BCUT2D eigenvalue weighted by Gasteiger charge is -2.26. The predicted octanol–water partition coefficient (Wildman–Crippen LogP) is 3.79. The van der Waals surface area contributed by atoms with Gasteiger partial charge in [-0.1, -0.05) is 6.07 Å². The van der Waals surface area contributed by atoms with Crippen LogP contribution in [0.5, 0.6) is 0 Å². The van der Waals surface area contributed by atoms with Crippen molar-refractivity contribution in [2.75, 3.05) is 19.6 Å². The zero-order valence-corrected chi connectivity index (χ0v) is 13.3. The van der Waals surface area contributed by atoms with Crippen molar-refractivity contribution < 1.29 is 13.2 Å². The third-order valence-electron chi connectivity index (χ3n) is 4.32. The van der Waals surface area contributed by atoms with Crippen molar-refractivity contribution in [3.8, 4) is 0 Å². The van der Waals surface area contributed by atoms with Crippen LogP contribution in [0, 0.1) is 18.6 Å². The van der Waals surface area contributed by atoms with E-state index in [1.54, 1.807) is 6.07 Å². The average Bonchev–Trinajstić information content (AvgIpc) is 3.19. The molecule has 1 unspecified atom stereocenters. The van der Waals surface area contributed by atoms with E-state index in [0.29, 0.717) is 13.1 Å². The molecule has 1 atom stereocenters. The monoisotopic (exact) mass is 320 g/mol. The summed E-state index contributed by atoms with van der Waals surface area (Å²) in [7, 11) is 0. The number of rotatable bonds is 6. The van der Waals surface area contributed by atoms with Crippen molar-refractivity contribution in [2.45, 2.75) is 32.4 Å². The highest BCUT2D eigenvalue weighted by Crippen LogP contribution is 2.26. The lowest BCUT2D eigenvalue weighted by molar-refractivity contribution is 0.207. The van der Waals surface area contributed by atoms with Gasteiger partial charge in [0.15, 0.2) is 11.6 Å². The summed E-state index contributed by atoms with van der Waals surface area (Å²) in [5.74, 6) is 0.254. The number of nitrogens with zero attached hydrogens (tertiary/aromatic N) is 1. The van der Waals surface area contributed by atoms with Gasteiger partial charge < -0.3 is 9.73 Å². The van der Waals surface area contributed by atoms with Crippen LogP contribution in [0.3, 0.4) is 0 Å². The molecule has 2 aromatic rings. The van der Waals surface area contributed by atoms with E-state index in [9.17, 15) is 8.78 Å². The van der Waals surface area contributed by atoms with Crippen LogP contribution in [0.25, 0.3) is 0 Å². The maximum absolute atomic E-state index is 13.3. The molecule has 2 heterocycles. The van der Waals surface area contributed by atoms with Crippen LogP contribution < -0.4 is 5.32 Å². The summed E-state index contributed by atoms with van der Waals surface area (Å²) in [5.41, 5.74) is 0.736. The number of nitrogens with one attached hydrogen (secondary N) is 1. The first-order valence-electron chi connectivity index (χ1n) is 8.08. The summed E-state index contributed by atoms with van der Waals surface area (Å²) in [5, 5.41) is 3.34. The minimum Gasteiger partial charge on any atom is -0.465 e. The van der Waals surface area contributed by atoms with Gasteiger partial charge in [0, 0.05) is 13.1 Å². The van der Waals surface area contributed by atoms with Crippen molar-refractivity contribution in [3.05, 3.63) is 59.1 Å². The van der Waals surface area contributed by atoms with Crippen molar-refractivity contribution in [2.24, 2.45) is 0 Å². The molecule has 3 rings (SSSR count). The quantitative estimate of drug-likeness (QED) is 0.878. The van der Waals surface area contributed by atoms with Gasteiger partial charge in [-0.05, 0) is 62.7 Å². The van der Waals surface area contributed by atoms with Gasteiger partial charge in [-0.2, -0.15) is 0 Å². The normalized spacial score (nSPS) is 16.8. The van der Waals surface area contributed by atoms with Crippen LogP contribution in [0.1, 0.15) is 36.0 Å². The summed E-state index contributed by atoms with van der Waals surface area (Å²) in [6, 6.07) is 8.19. The van der Waals surface area contributed by atoms with E-state index in [2.05, 4.69) is 10.2 Å². The summed E-state index contributed by atoms with van der Waals surface area (Å²) >= 11 is 0. The molecule has 1 aromatic heterocycles. The highest BCUT2D eigenvalue weighted by atomic mass is 19.2. The number of hydrogen-bond donors (Lipinski definition) is 1. The summed E-state index contributed by atoms with van der Waals surface area (Å²) in [6.45, 7) is 5.29. The number of likely N-dealkylation sites (tertiary alicyclic amines) is 1. The molecule has 0 amide bonds. The standard InChI is InChI=1S/C18H22F2N2O/c1-13-4-7-18(23-13)17(22-8-2-3-9-22)12-21-11-14-5-6-15(19)16(20)10-14/h4-7,10,17,21H,2-3,8-9,11-12H2,1H3. The number of halogens is 2. The third-order valence-corrected chi connectivity index (χ3v) is 4.32. The predicted molar refractivity (Wildman–Crippen MR) is 85.1 cm³/mol. The van der Waals surface area contributed by atoms with Crippen molar-refractivity contribution in [1.82, 2.24) is 10.2 Å². The zero-order valence-electron chi connectivity index (χ0n) is 13.3. The van der Waals surface area contributed by atoms with Gasteiger partial charge in [0.05, 0.1) is 6.04 Å². The Hall–Kier alpha value is -1.72. The van der Waals surface area contributed by atoms with Crippen molar-refractivity contribution in [3.63, 3.8) is 0 Å². The summed E-state index contributed by atoms with van der Waals surface area (Å²) < 4.78 is 32.0. The molecule has 1 fully saturated rings. The second kappa shape index (κ2) is 7.23. The topological polar surface area (TPSA) is 28.4 Å². The van der Waals surface area contributed by atoms with Gasteiger partial charge in [-0.15, -0.1) is 0 Å². The van der Waals surface area contributed by atoms with E-state index in [1.807, 2.05) is 19.1 Å². The maximum Gasteiger partial charge on any atom is 0.159 e. The molecule has 1 aliphatic heterocycles. The van der Waals surface area contributed by atoms with E-state index in [-0.39, 0.29) is 6.04 Å². The van der Waals surface area contributed by atoms with E-state index < -0.39 is 11.6 Å². The number of furan rings is 1. The number of benzene rings is 1. The van der Waals surface area contributed by atoms with Crippen LogP contribution in [0.4, 0.5) is 8.78 Å². The molecule has 1 saturated heterocycles. The Labute approximate surface area is 135 Å². The molecule has 0 spiro atoms. The van der Waals surface area contributed by atoms with Crippen LogP contribution >= 0.6 is 0 Å². The van der Waals surface area contributed by atoms with Gasteiger partial charge in [0.1, 0.15) is 11.5 Å². The minimum atomic E-state index is -0.810. The van der Waals surface area contributed by atoms with Gasteiger partial charge in [0.2, 0.25) is 0 Å². The third kappa shape index (κ3) is 3.98. The molecule has 1 aromatic carbocycles. The molecular formula is C18H22F2N2O. The number of aryl methyl sites for hydroxylation is 1. The first-order valence-corrected chi connectivity index (χ1v) is 8.08. The van der Waals surface area contributed by atoms with E-state index in [1.165, 1.54) is 25.0 Å². The minimum absolute atomic E-state index is 0.177. The first-order chi connectivity index (χ1) is 11.1. The van der Waals surface area contributed by atoms with Gasteiger partial charge in [-0.3, -0.25) is 4.90 Å². The first kappa shape index (κ1) is 16.1. The van der Waals surface area contributed by atoms with Gasteiger partial charge >= 0.3 is 0 Å². The van der Waals surface area contributed by atoms with Gasteiger partial charge in [0.25, 0.3) is 0 Å². The van der Waals surface area contributed by atoms with Crippen molar-refractivity contribution in [1.29, 1.82) is 0 Å². The highest BCUT2D eigenvalue weighted by molar-refractivity contribution is 5.18. The fourth-order valence-corrected chi connectivity index (χ4v) is 3.10. The maximum atomic E-state index is 13.3. The molecule has 0 radical (unpaired) electrons. The Morgan fingerprint density at radius 2 is 1.91 bits per heavy atom. The number of hydrogen-bond acceptors (Lipinski definition) is 3. The molecule has 0 bridgehead atoms. The van der Waals surface area contributed by atoms with E-state index >= 15 is 0 Å². The zero-order chi connectivity index (χ0) is 16.2. The van der Waals surface area contributed by atoms with E-state index in [0.717, 1.165) is 30.2 Å². The average molecular weight is 320 g/mol.